The summed E-state index contributed by atoms with van der Waals surface area (Å²) in [5.41, 5.74) is 1.03. The van der Waals surface area contributed by atoms with Crippen molar-refractivity contribution in [2.75, 3.05) is 37.6 Å². The minimum atomic E-state index is -0.511. The van der Waals surface area contributed by atoms with Gasteiger partial charge in [0.1, 0.15) is 5.82 Å². The number of carbonyl (C=O) groups is 2. The fraction of sp³-hybridized carbons (Fsp3) is 0.579. The maximum absolute atomic E-state index is 14.3. The van der Waals surface area contributed by atoms with Gasteiger partial charge in [-0.3, -0.25) is 9.59 Å². The van der Waals surface area contributed by atoms with Crippen molar-refractivity contribution >= 4 is 29.9 Å². The highest BCUT2D eigenvalue weighted by atomic mass is 35.5. The van der Waals surface area contributed by atoms with Crippen LogP contribution in [0.5, 0.6) is 0 Å². The van der Waals surface area contributed by atoms with Crippen LogP contribution < -0.4 is 10.2 Å². The summed E-state index contributed by atoms with van der Waals surface area (Å²) in [5.74, 6) is -0.728. The van der Waals surface area contributed by atoms with E-state index >= 15 is 0 Å². The van der Waals surface area contributed by atoms with Gasteiger partial charge in [-0.1, -0.05) is 0 Å². The Balaban J connectivity index is 0.00000196. The standard InChI is InChI=1S/C19H24FN3O2.ClH/c20-16-4-3-14(23-9-1-2-17(23)24)12-15(16)18(25)22-10-6-19(7-11-22)5-8-21-13-19;/h3-4,12,21H,1-2,5-11,13H2;1H. The highest BCUT2D eigenvalue weighted by Gasteiger charge is 2.38. The molecule has 5 nitrogen and oxygen atoms in total. The van der Waals surface area contributed by atoms with Gasteiger partial charge < -0.3 is 15.1 Å². The van der Waals surface area contributed by atoms with Gasteiger partial charge in [-0.2, -0.15) is 0 Å². The lowest BCUT2D eigenvalue weighted by Gasteiger charge is -2.39. The number of benzene rings is 1. The number of hydrogen-bond donors (Lipinski definition) is 1. The molecule has 3 heterocycles. The van der Waals surface area contributed by atoms with Gasteiger partial charge in [0, 0.05) is 38.3 Å². The largest absolute Gasteiger partial charge is 0.339 e. The van der Waals surface area contributed by atoms with Crippen molar-refractivity contribution in [3.63, 3.8) is 0 Å². The van der Waals surface area contributed by atoms with E-state index in [1.54, 1.807) is 21.9 Å². The zero-order valence-electron chi connectivity index (χ0n) is 14.8. The molecule has 3 aliphatic heterocycles. The molecule has 0 aromatic heterocycles. The third-order valence-electron chi connectivity index (χ3n) is 6.01. The molecule has 0 unspecified atom stereocenters. The summed E-state index contributed by atoms with van der Waals surface area (Å²) in [6, 6.07) is 4.44. The summed E-state index contributed by atoms with van der Waals surface area (Å²) in [7, 11) is 0. The predicted molar refractivity (Wildman–Crippen MR) is 100 cm³/mol. The number of halogens is 2. The molecule has 1 N–H and O–H groups in total. The number of rotatable bonds is 2. The molecule has 3 aliphatic rings. The molecule has 2 amide bonds. The second-order valence-corrected chi connectivity index (χ2v) is 7.53. The maximum atomic E-state index is 14.3. The first-order chi connectivity index (χ1) is 12.1. The summed E-state index contributed by atoms with van der Waals surface area (Å²) < 4.78 is 14.3. The topological polar surface area (TPSA) is 52.7 Å². The maximum Gasteiger partial charge on any atom is 0.256 e. The molecule has 0 atom stereocenters. The predicted octanol–water partition coefficient (Wildman–Crippen LogP) is 2.59. The second kappa shape index (κ2) is 7.53. The van der Waals surface area contributed by atoms with Crippen molar-refractivity contribution < 1.29 is 14.0 Å². The van der Waals surface area contributed by atoms with E-state index < -0.39 is 5.82 Å². The Hall–Kier alpha value is -1.66. The molecule has 7 heteroatoms. The van der Waals surface area contributed by atoms with Crippen LogP contribution in [0.4, 0.5) is 10.1 Å². The Labute approximate surface area is 159 Å². The minimum Gasteiger partial charge on any atom is -0.339 e. The molecule has 0 aliphatic carbocycles. The fourth-order valence-electron chi connectivity index (χ4n) is 4.34. The molecule has 3 saturated heterocycles. The van der Waals surface area contributed by atoms with Crippen LogP contribution in [0.2, 0.25) is 0 Å². The number of amides is 2. The molecule has 0 bridgehead atoms. The first-order valence-corrected chi connectivity index (χ1v) is 9.18. The van der Waals surface area contributed by atoms with Crippen molar-refractivity contribution in [1.82, 2.24) is 10.2 Å². The summed E-state index contributed by atoms with van der Waals surface area (Å²) in [6.07, 6.45) is 4.43. The van der Waals surface area contributed by atoms with E-state index in [9.17, 15) is 14.0 Å². The Bertz CT molecular complexity index is 696. The fourth-order valence-corrected chi connectivity index (χ4v) is 4.34. The van der Waals surface area contributed by atoms with Gasteiger partial charge in [-0.15, -0.1) is 12.4 Å². The molecule has 142 valence electrons. The molecule has 26 heavy (non-hydrogen) atoms. The van der Waals surface area contributed by atoms with Gasteiger partial charge in [0.15, 0.2) is 0 Å². The quantitative estimate of drug-likeness (QED) is 0.856. The molecule has 3 fully saturated rings. The third-order valence-corrected chi connectivity index (χ3v) is 6.01. The van der Waals surface area contributed by atoms with Gasteiger partial charge in [0.05, 0.1) is 5.56 Å². The zero-order chi connectivity index (χ0) is 17.4. The van der Waals surface area contributed by atoms with E-state index in [1.807, 2.05) is 0 Å². The van der Waals surface area contributed by atoms with Crippen molar-refractivity contribution in [3.8, 4) is 0 Å². The van der Waals surface area contributed by atoms with E-state index in [1.165, 1.54) is 6.07 Å². The Kier molecular flexibility index (Phi) is 5.53. The van der Waals surface area contributed by atoms with Crippen LogP contribution in [0.1, 0.15) is 42.5 Å². The summed E-state index contributed by atoms with van der Waals surface area (Å²) in [4.78, 5) is 28.2. The van der Waals surface area contributed by atoms with Crippen LogP contribution in [-0.2, 0) is 4.79 Å². The van der Waals surface area contributed by atoms with Gasteiger partial charge in [0.25, 0.3) is 5.91 Å². The van der Waals surface area contributed by atoms with E-state index in [2.05, 4.69) is 5.32 Å². The smallest absolute Gasteiger partial charge is 0.256 e. The number of nitrogens with zero attached hydrogens (tertiary/aromatic N) is 2. The zero-order valence-corrected chi connectivity index (χ0v) is 15.6. The number of nitrogens with one attached hydrogen (secondary N) is 1. The molecule has 0 saturated carbocycles. The average molecular weight is 382 g/mol. The lowest BCUT2D eigenvalue weighted by atomic mass is 9.78. The molecule has 1 aromatic carbocycles. The lowest BCUT2D eigenvalue weighted by Crippen LogP contribution is -2.44. The van der Waals surface area contributed by atoms with Crippen LogP contribution >= 0.6 is 12.4 Å². The highest BCUT2D eigenvalue weighted by Crippen LogP contribution is 2.37. The van der Waals surface area contributed by atoms with Gasteiger partial charge in [-0.25, -0.2) is 4.39 Å². The lowest BCUT2D eigenvalue weighted by molar-refractivity contribution is -0.117. The molecule has 1 aromatic rings. The van der Waals surface area contributed by atoms with Crippen LogP contribution in [0.3, 0.4) is 0 Å². The summed E-state index contributed by atoms with van der Waals surface area (Å²) >= 11 is 0. The van der Waals surface area contributed by atoms with E-state index in [0.29, 0.717) is 37.2 Å². The molecule has 0 radical (unpaired) electrons. The molecular formula is C19H25ClFN3O2. The third kappa shape index (κ3) is 3.45. The van der Waals surface area contributed by atoms with Crippen LogP contribution in [0, 0.1) is 11.2 Å². The Morgan fingerprint density at radius 1 is 1.15 bits per heavy atom. The summed E-state index contributed by atoms with van der Waals surface area (Å²) in [6.45, 7) is 4.06. The molecule has 1 spiro atoms. The minimum absolute atomic E-state index is 0. The van der Waals surface area contributed by atoms with Crippen molar-refractivity contribution in [2.45, 2.75) is 32.1 Å². The van der Waals surface area contributed by atoms with Crippen LogP contribution in [-0.4, -0.2) is 49.4 Å². The SMILES string of the molecule is Cl.O=C(c1cc(N2CCCC2=O)ccc1F)N1CCC2(CCNC2)CC1. The number of anilines is 1. The van der Waals surface area contributed by atoms with Gasteiger partial charge >= 0.3 is 0 Å². The first kappa shape index (κ1) is 19.1. The van der Waals surface area contributed by atoms with E-state index in [4.69, 9.17) is 0 Å². The van der Waals surface area contributed by atoms with Gasteiger partial charge in [-0.05, 0) is 55.8 Å². The van der Waals surface area contributed by atoms with E-state index in [-0.39, 0.29) is 29.8 Å². The molecular weight excluding hydrogens is 357 g/mol. The Morgan fingerprint density at radius 3 is 2.54 bits per heavy atom. The number of carbonyl (C=O) groups excluding carboxylic acids is 2. The molecule has 4 rings (SSSR count). The van der Waals surface area contributed by atoms with Crippen molar-refractivity contribution in [3.05, 3.63) is 29.6 Å². The van der Waals surface area contributed by atoms with Crippen molar-refractivity contribution in [2.24, 2.45) is 5.41 Å². The monoisotopic (exact) mass is 381 g/mol. The number of likely N-dealkylation sites (tertiary alicyclic amines) is 1. The van der Waals surface area contributed by atoms with Crippen molar-refractivity contribution in [1.29, 1.82) is 0 Å². The number of hydrogen-bond acceptors (Lipinski definition) is 3. The normalized spacial score (nSPS) is 22.0. The second-order valence-electron chi connectivity index (χ2n) is 7.53. The van der Waals surface area contributed by atoms with Crippen LogP contribution in [0.25, 0.3) is 0 Å². The first-order valence-electron chi connectivity index (χ1n) is 9.18. The Morgan fingerprint density at radius 2 is 1.92 bits per heavy atom. The van der Waals surface area contributed by atoms with Gasteiger partial charge in [0.2, 0.25) is 5.91 Å². The highest BCUT2D eigenvalue weighted by molar-refractivity contribution is 5.99. The number of piperidine rings is 1. The average Bonchev–Trinajstić information content (AvgIpc) is 3.25. The summed E-state index contributed by atoms with van der Waals surface area (Å²) in [5, 5.41) is 3.41. The van der Waals surface area contributed by atoms with Crippen LogP contribution in [0.15, 0.2) is 18.2 Å². The van der Waals surface area contributed by atoms with E-state index in [0.717, 1.165) is 38.8 Å².